The number of ether oxygens (including phenoxy) is 1. The van der Waals surface area contributed by atoms with Crippen molar-refractivity contribution in [3.05, 3.63) is 46.5 Å². The molecule has 0 spiro atoms. The molecule has 28 heavy (non-hydrogen) atoms. The summed E-state index contributed by atoms with van der Waals surface area (Å²) in [6, 6.07) is 7.38. The van der Waals surface area contributed by atoms with E-state index in [1.807, 2.05) is 36.9 Å². The van der Waals surface area contributed by atoms with Crippen LogP contribution in [-0.2, 0) is 4.74 Å². The van der Waals surface area contributed by atoms with Gasteiger partial charge in [0.15, 0.2) is 5.13 Å². The number of anilines is 1. The van der Waals surface area contributed by atoms with Gasteiger partial charge in [0.2, 0.25) is 0 Å². The van der Waals surface area contributed by atoms with E-state index in [-0.39, 0.29) is 11.8 Å². The number of aromatic nitrogens is 1. The molecule has 0 bridgehead atoms. The lowest BCUT2D eigenvalue weighted by Crippen LogP contribution is -2.49. The fourth-order valence-corrected chi connectivity index (χ4v) is 3.78. The second-order valence-electron chi connectivity index (χ2n) is 6.64. The maximum atomic E-state index is 12.7. The number of piperazine rings is 1. The van der Waals surface area contributed by atoms with Gasteiger partial charge in [-0.25, -0.2) is 4.98 Å². The van der Waals surface area contributed by atoms with Gasteiger partial charge in [-0.05, 0) is 25.5 Å². The summed E-state index contributed by atoms with van der Waals surface area (Å²) < 4.78 is 5.39. The van der Waals surface area contributed by atoms with Crippen molar-refractivity contribution in [1.29, 1.82) is 0 Å². The van der Waals surface area contributed by atoms with E-state index in [0.29, 0.717) is 29.5 Å². The molecule has 3 rings (SSSR count). The van der Waals surface area contributed by atoms with E-state index in [9.17, 15) is 9.59 Å². The van der Waals surface area contributed by atoms with Gasteiger partial charge in [-0.2, -0.15) is 0 Å². The van der Waals surface area contributed by atoms with Gasteiger partial charge in [0, 0.05) is 50.3 Å². The number of carbonyl (C=O) groups excluding carboxylic acids is 2. The highest BCUT2D eigenvalue weighted by molar-refractivity contribution is 7.14. The van der Waals surface area contributed by atoms with Crippen LogP contribution in [0.5, 0.6) is 0 Å². The molecule has 1 aromatic heterocycles. The van der Waals surface area contributed by atoms with Crippen molar-refractivity contribution in [2.45, 2.75) is 13.8 Å². The Labute approximate surface area is 169 Å². The SMILES string of the molecule is CCOCCN1CCN(C(=O)c2csc(NC(=O)c3ccccc3C)n2)CC1. The lowest BCUT2D eigenvalue weighted by Gasteiger charge is -2.34. The average Bonchev–Trinajstić information content (AvgIpc) is 3.17. The minimum Gasteiger partial charge on any atom is -0.380 e. The Kier molecular flexibility index (Phi) is 7.13. The van der Waals surface area contributed by atoms with Crippen LogP contribution in [0.25, 0.3) is 0 Å². The summed E-state index contributed by atoms with van der Waals surface area (Å²) in [5.41, 5.74) is 1.89. The van der Waals surface area contributed by atoms with Gasteiger partial charge in [0.05, 0.1) is 6.61 Å². The monoisotopic (exact) mass is 402 g/mol. The van der Waals surface area contributed by atoms with Crippen LogP contribution >= 0.6 is 11.3 Å². The first kappa shape index (κ1) is 20.4. The Hall–Kier alpha value is -2.29. The topological polar surface area (TPSA) is 74.8 Å². The number of thiazole rings is 1. The Morgan fingerprint density at radius 1 is 1.21 bits per heavy atom. The molecule has 7 nitrogen and oxygen atoms in total. The van der Waals surface area contributed by atoms with E-state index < -0.39 is 0 Å². The first-order valence-electron chi connectivity index (χ1n) is 9.50. The predicted molar refractivity (Wildman–Crippen MR) is 110 cm³/mol. The summed E-state index contributed by atoms with van der Waals surface area (Å²) in [6.07, 6.45) is 0. The van der Waals surface area contributed by atoms with E-state index in [1.54, 1.807) is 11.4 Å². The van der Waals surface area contributed by atoms with Gasteiger partial charge in [-0.3, -0.25) is 19.8 Å². The normalized spacial score (nSPS) is 14.9. The van der Waals surface area contributed by atoms with Gasteiger partial charge < -0.3 is 9.64 Å². The van der Waals surface area contributed by atoms with Crippen LogP contribution in [0, 0.1) is 6.92 Å². The van der Waals surface area contributed by atoms with E-state index >= 15 is 0 Å². The van der Waals surface area contributed by atoms with Crippen LogP contribution < -0.4 is 5.32 Å². The molecular formula is C20H26N4O3S. The van der Waals surface area contributed by atoms with Crippen LogP contribution in [0.15, 0.2) is 29.6 Å². The summed E-state index contributed by atoms with van der Waals surface area (Å²) in [5.74, 6) is -0.300. The maximum Gasteiger partial charge on any atom is 0.273 e. The largest absolute Gasteiger partial charge is 0.380 e. The Morgan fingerprint density at radius 2 is 1.96 bits per heavy atom. The molecule has 150 valence electrons. The molecule has 1 saturated heterocycles. The highest BCUT2D eigenvalue weighted by Crippen LogP contribution is 2.19. The fourth-order valence-electron chi connectivity index (χ4n) is 3.10. The average molecular weight is 403 g/mol. The fraction of sp³-hybridized carbons (Fsp3) is 0.450. The molecule has 0 radical (unpaired) electrons. The lowest BCUT2D eigenvalue weighted by molar-refractivity contribution is 0.0560. The van der Waals surface area contributed by atoms with Gasteiger partial charge >= 0.3 is 0 Å². The minimum atomic E-state index is -0.214. The second-order valence-corrected chi connectivity index (χ2v) is 7.50. The number of hydrogen-bond acceptors (Lipinski definition) is 6. The molecule has 1 aliphatic heterocycles. The van der Waals surface area contributed by atoms with Crippen LogP contribution in [0.4, 0.5) is 5.13 Å². The van der Waals surface area contributed by atoms with Crippen molar-refractivity contribution < 1.29 is 14.3 Å². The van der Waals surface area contributed by atoms with Crippen molar-refractivity contribution in [3.8, 4) is 0 Å². The molecule has 1 N–H and O–H groups in total. The van der Waals surface area contributed by atoms with E-state index in [2.05, 4.69) is 15.2 Å². The lowest BCUT2D eigenvalue weighted by atomic mass is 10.1. The third kappa shape index (κ3) is 5.15. The Balaban J connectivity index is 1.53. The van der Waals surface area contributed by atoms with E-state index in [4.69, 9.17) is 4.74 Å². The van der Waals surface area contributed by atoms with Gasteiger partial charge in [-0.15, -0.1) is 11.3 Å². The number of amides is 2. The zero-order chi connectivity index (χ0) is 19.9. The standard InChI is InChI=1S/C20H26N4O3S/c1-3-27-13-12-23-8-10-24(11-9-23)19(26)17-14-28-20(21-17)22-18(25)16-7-5-4-6-15(16)2/h4-7,14H,3,8-13H2,1-2H3,(H,21,22,25). The second kappa shape index (κ2) is 9.77. The quantitative estimate of drug-likeness (QED) is 0.721. The van der Waals surface area contributed by atoms with Crippen LogP contribution in [-0.4, -0.2) is 72.5 Å². The molecule has 0 aliphatic carbocycles. The van der Waals surface area contributed by atoms with E-state index in [0.717, 1.165) is 38.4 Å². The highest BCUT2D eigenvalue weighted by Gasteiger charge is 2.24. The van der Waals surface area contributed by atoms with Crippen LogP contribution in [0.3, 0.4) is 0 Å². The summed E-state index contributed by atoms with van der Waals surface area (Å²) in [5, 5.41) is 4.93. The molecule has 0 unspecified atom stereocenters. The predicted octanol–water partition coefficient (Wildman–Crippen LogP) is 2.50. The molecule has 2 heterocycles. The molecule has 1 aromatic carbocycles. The molecular weight excluding hydrogens is 376 g/mol. The number of rotatable bonds is 7. The van der Waals surface area contributed by atoms with Gasteiger partial charge in [0.1, 0.15) is 5.69 Å². The van der Waals surface area contributed by atoms with Gasteiger partial charge in [0.25, 0.3) is 11.8 Å². The minimum absolute atomic E-state index is 0.0860. The van der Waals surface area contributed by atoms with Crippen molar-refractivity contribution >= 4 is 28.3 Å². The summed E-state index contributed by atoms with van der Waals surface area (Å²) in [4.78, 5) is 33.5. The molecule has 8 heteroatoms. The summed E-state index contributed by atoms with van der Waals surface area (Å²) in [7, 11) is 0. The number of nitrogens with one attached hydrogen (secondary N) is 1. The number of hydrogen-bond donors (Lipinski definition) is 1. The van der Waals surface area contributed by atoms with Crippen molar-refractivity contribution in [3.63, 3.8) is 0 Å². The Morgan fingerprint density at radius 3 is 2.68 bits per heavy atom. The number of carbonyl (C=O) groups is 2. The third-order valence-electron chi connectivity index (χ3n) is 4.75. The molecule has 0 atom stereocenters. The number of nitrogens with zero attached hydrogens (tertiary/aromatic N) is 3. The van der Waals surface area contributed by atoms with Gasteiger partial charge in [-0.1, -0.05) is 18.2 Å². The Bertz CT molecular complexity index is 815. The number of aryl methyl sites for hydroxylation is 1. The smallest absolute Gasteiger partial charge is 0.273 e. The summed E-state index contributed by atoms with van der Waals surface area (Å²) >= 11 is 1.27. The first-order chi connectivity index (χ1) is 13.6. The zero-order valence-electron chi connectivity index (χ0n) is 16.3. The zero-order valence-corrected chi connectivity index (χ0v) is 17.1. The maximum absolute atomic E-state index is 12.7. The first-order valence-corrected chi connectivity index (χ1v) is 10.4. The summed E-state index contributed by atoms with van der Waals surface area (Å²) in [6.45, 7) is 9.23. The van der Waals surface area contributed by atoms with Crippen molar-refractivity contribution in [2.24, 2.45) is 0 Å². The van der Waals surface area contributed by atoms with Crippen LogP contribution in [0.2, 0.25) is 0 Å². The molecule has 0 saturated carbocycles. The third-order valence-corrected chi connectivity index (χ3v) is 5.51. The molecule has 2 aromatic rings. The van der Waals surface area contributed by atoms with E-state index in [1.165, 1.54) is 11.3 Å². The number of benzene rings is 1. The highest BCUT2D eigenvalue weighted by atomic mass is 32.1. The molecule has 1 fully saturated rings. The van der Waals surface area contributed by atoms with Crippen molar-refractivity contribution in [2.75, 3.05) is 51.3 Å². The van der Waals surface area contributed by atoms with Crippen LogP contribution in [0.1, 0.15) is 33.3 Å². The molecule has 1 aliphatic rings. The van der Waals surface area contributed by atoms with Crippen molar-refractivity contribution in [1.82, 2.24) is 14.8 Å². The molecule has 2 amide bonds.